The lowest BCUT2D eigenvalue weighted by molar-refractivity contribution is -0.137. The number of anilines is 1. The third kappa shape index (κ3) is 4.70. The van der Waals surface area contributed by atoms with E-state index < -0.39 is 5.54 Å². The van der Waals surface area contributed by atoms with Crippen molar-refractivity contribution in [2.45, 2.75) is 32.2 Å². The van der Waals surface area contributed by atoms with Crippen molar-refractivity contribution < 1.29 is 9.53 Å². The molecule has 0 aliphatic carbocycles. The van der Waals surface area contributed by atoms with E-state index in [-0.39, 0.29) is 18.3 Å². The van der Waals surface area contributed by atoms with E-state index in [1.165, 1.54) is 0 Å². The van der Waals surface area contributed by atoms with Gasteiger partial charge in [0.1, 0.15) is 0 Å². The molecule has 7 nitrogen and oxygen atoms in total. The van der Waals surface area contributed by atoms with Crippen LogP contribution in [0.2, 0.25) is 0 Å². The van der Waals surface area contributed by atoms with Gasteiger partial charge in [0.15, 0.2) is 0 Å². The van der Waals surface area contributed by atoms with Crippen molar-refractivity contribution in [3.05, 3.63) is 10.7 Å². The van der Waals surface area contributed by atoms with Gasteiger partial charge in [-0.1, -0.05) is 13.3 Å². The number of halogens is 2. The van der Waals surface area contributed by atoms with Crippen molar-refractivity contribution in [2.24, 2.45) is 5.73 Å². The molecule has 9 heteroatoms. The molecule has 0 spiro atoms. The number of nitrogens with zero attached hydrogens (tertiary/aromatic N) is 4. The maximum absolute atomic E-state index is 12.5. The van der Waals surface area contributed by atoms with E-state index in [0.29, 0.717) is 44.4 Å². The van der Waals surface area contributed by atoms with E-state index in [1.807, 2.05) is 23.6 Å². The van der Waals surface area contributed by atoms with Gasteiger partial charge >= 0.3 is 0 Å². The summed E-state index contributed by atoms with van der Waals surface area (Å²) in [6.07, 6.45) is 3.27. The number of piperazine rings is 1. The number of aromatic nitrogens is 2. The molecule has 1 aliphatic rings. The Morgan fingerprint density at radius 3 is 2.58 bits per heavy atom. The van der Waals surface area contributed by atoms with Crippen molar-refractivity contribution in [2.75, 3.05) is 38.2 Å². The van der Waals surface area contributed by atoms with Gasteiger partial charge in [0.05, 0.1) is 23.3 Å². The molecule has 0 saturated carbocycles. The number of rotatable bonds is 5. The smallest absolute Gasteiger partial charge is 0.242 e. The fourth-order valence-corrected chi connectivity index (χ4v) is 3.09. The Labute approximate surface area is 157 Å². The van der Waals surface area contributed by atoms with E-state index in [0.717, 1.165) is 10.9 Å². The van der Waals surface area contributed by atoms with E-state index in [4.69, 9.17) is 10.5 Å². The highest BCUT2D eigenvalue weighted by atomic mass is 79.9. The Kier molecular flexibility index (Phi) is 7.69. The number of nitrogens with two attached hydrogens (primary N) is 1. The Morgan fingerprint density at radius 1 is 1.42 bits per heavy atom. The Balaban J connectivity index is 0.00000288. The molecule has 2 heterocycles. The molecule has 1 aromatic heterocycles. The van der Waals surface area contributed by atoms with Crippen LogP contribution in [0, 0.1) is 0 Å². The van der Waals surface area contributed by atoms with Crippen LogP contribution in [-0.4, -0.2) is 59.6 Å². The van der Waals surface area contributed by atoms with Crippen LogP contribution in [0.25, 0.3) is 0 Å². The minimum absolute atomic E-state index is 0. The standard InChI is InChI=1S/C15H24BrN5O2.ClH/c1-4-5-15(2,17)13(22)20-6-8-21(9-7-20)14-18-10-11(16)12(19-14)23-3;/h10H,4-9,17H2,1-3H3;1H. The Bertz CT molecular complexity index is 565. The average molecular weight is 423 g/mol. The molecule has 2 N–H and O–H groups in total. The molecule has 0 aromatic carbocycles. The summed E-state index contributed by atoms with van der Waals surface area (Å²) in [5.41, 5.74) is 5.37. The van der Waals surface area contributed by atoms with Crippen molar-refractivity contribution in [3.8, 4) is 5.88 Å². The molecule has 1 aromatic rings. The van der Waals surface area contributed by atoms with Gasteiger partial charge in [-0.2, -0.15) is 4.98 Å². The number of carbonyl (C=O) groups excluding carboxylic acids is 1. The summed E-state index contributed by atoms with van der Waals surface area (Å²) in [4.78, 5) is 25.1. The van der Waals surface area contributed by atoms with Crippen LogP contribution >= 0.6 is 28.3 Å². The van der Waals surface area contributed by atoms with E-state index in [9.17, 15) is 4.79 Å². The van der Waals surface area contributed by atoms with Crippen LogP contribution < -0.4 is 15.4 Å². The van der Waals surface area contributed by atoms with Gasteiger partial charge in [-0.15, -0.1) is 12.4 Å². The van der Waals surface area contributed by atoms with Crippen molar-refractivity contribution >= 4 is 40.2 Å². The lowest BCUT2D eigenvalue weighted by Gasteiger charge is -2.38. The number of amides is 1. The highest BCUT2D eigenvalue weighted by molar-refractivity contribution is 9.10. The minimum Gasteiger partial charge on any atom is -0.480 e. The molecule has 1 unspecified atom stereocenters. The summed E-state index contributed by atoms with van der Waals surface area (Å²) in [5, 5.41) is 0. The number of hydrogen-bond acceptors (Lipinski definition) is 6. The first-order chi connectivity index (χ1) is 10.9. The number of ether oxygens (including phenoxy) is 1. The second kappa shape index (κ2) is 8.82. The molecule has 1 atom stereocenters. The van der Waals surface area contributed by atoms with Crippen LogP contribution in [0.15, 0.2) is 10.7 Å². The monoisotopic (exact) mass is 421 g/mol. The zero-order valence-electron chi connectivity index (χ0n) is 14.3. The van der Waals surface area contributed by atoms with Crippen LogP contribution in [0.1, 0.15) is 26.7 Å². The molecule has 1 fully saturated rings. The predicted octanol–water partition coefficient (Wildman–Crippen LogP) is 1.84. The summed E-state index contributed by atoms with van der Waals surface area (Å²) < 4.78 is 5.92. The lowest BCUT2D eigenvalue weighted by atomic mass is 9.95. The van der Waals surface area contributed by atoms with Crippen LogP contribution in [-0.2, 0) is 4.79 Å². The Morgan fingerprint density at radius 2 is 2.04 bits per heavy atom. The molecular formula is C15H25BrClN5O2. The summed E-state index contributed by atoms with van der Waals surface area (Å²) in [6.45, 7) is 6.45. The normalized spacial score (nSPS) is 17.0. The van der Waals surface area contributed by atoms with Gasteiger partial charge in [-0.3, -0.25) is 4.79 Å². The molecule has 1 aliphatic heterocycles. The lowest BCUT2D eigenvalue weighted by Crippen LogP contribution is -2.58. The summed E-state index contributed by atoms with van der Waals surface area (Å²) in [7, 11) is 1.57. The molecule has 1 saturated heterocycles. The SMILES string of the molecule is CCCC(C)(N)C(=O)N1CCN(c2ncc(Br)c(OC)n2)CC1.Cl. The first-order valence-electron chi connectivity index (χ1n) is 7.78. The van der Waals surface area contributed by atoms with Gasteiger partial charge in [0.25, 0.3) is 0 Å². The first-order valence-corrected chi connectivity index (χ1v) is 8.58. The zero-order chi connectivity index (χ0) is 17.0. The third-order valence-corrected chi connectivity index (χ3v) is 4.54. The molecule has 2 rings (SSSR count). The molecule has 136 valence electrons. The van der Waals surface area contributed by atoms with E-state index in [2.05, 4.69) is 25.9 Å². The number of hydrogen-bond donors (Lipinski definition) is 1. The third-order valence-electron chi connectivity index (χ3n) is 4.00. The Hall–Kier alpha value is -1.12. The quantitative estimate of drug-likeness (QED) is 0.779. The number of methoxy groups -OCH3 is 1. The summed E-state index contributed by atoms with van der Waals surface area (Å²) in [5.74, 6) is 1.14. The number of carbonyl (C=O) groups is 1. The van der Waals surface area contributed by atoms with Gasteiger partial charge in [-0.25, -0.2) is 4.98 Å². The van der Waals surface area contributed by atoms with Crippen LogP contribution in [0.4, 0.5) is 5.95 Å². The zero-order valence-corrected chi connectivity index (χ0v) is 16.7. The molecule has 0 radical (unpaired) electrons. The largest absolute Gasteiger partial charge is 0.480 e. The molecular weight excluding hydrogens is 398 g/mol. The predicted molar refractivity (Wildman–Crippen MR) is 99.8 cm³/mol. The summed E-state index contributed by atoms with van der Waals surface area (Å²) in [6, 6.07) is 0. The molecule has 0 bridgehead atoms. The van der Waals surface area contributed by atoms with Crippen molar-refractivity contribution in [3.63, 3.8) is 0 Å². The highest BCUT2D eigenvalue weighted by Crippen LogP contribution is 2.24. The fourth-order valence-electron chi connectivity index (χ4n) is 2.74. The molecule has 1 amide bonds. The maximum atomic E-state index is 12.5. The average Bonchev–Trinajstić information content (AvgIpc) is 2.55. The van der Waals surface area contributed by atoms with Gasteiger partial charge in [-0.05, 0) is 29.3 Å². The van der Waals surface area contributed by atoms with Gasteiger partial charge in [0, 0.05) is 26.2 Å². The van der Waals surface area contributed by atoms with E-state index >= 15 is 0 Å². The summed E-state index contributed by atoms with van der Waals surface area (Å²) >= 11 is 3.34. The first kappa shape index (κ1) is 20.9. The maximum Gasteiger partial charge on any atom is 0.242 e. The van der Waals surface area contributed by atoms with Crippen molar-refractivity contribution in [1.82, 2.24) is 14.9 Å². The van der Waals surface area contributed by atoms with Crippen molar-refractivity contribution in [1.29, 1.82) is 0 Å². The van der Waals surface area contributed by atoms with E-state index in [1.54, 1.807) is 13.3 Å². The van der Waals surface area contributed by atoms with Crippen LogP contribution in [0.3, 0.4) is 0 Å². The topological polar surface area (TPSA) is 84.6 Å². The van der Waals surface area contributed by atoms with Crippen LogP contribution in [0.5, 0.6) is 5.88 Å². The highest BCUT2D eigenvalue weighted by Gasteiger charge is 2.33. The van der Waals surface area contributed by atoms with Gasteiger partial charge < -0.3 is 20.3 Å². The second-order valence-electron chi connectivity index (χ2n) is 5.97. The second-order valence-corrected chi connectivity index (χ2v) is 6.83. The minimum atomic E-state index is -0.783. The van der Waals surface area contributed by atoms with Gasteiger partial charge in [0.2, 0.25) is 17.7 Å². The molecule has 24 heavy (non-hydrogen) atoms. The fraction of sp³-hybridized carbons (Fsp3) is 0.667.